The summed E-state index contributed by atoms with van der Waals surface area (Å²) in [5.74, 6) is -2.46. The molecule has 2 N–H and O–H groups in total. The molecule has 0 unspecified atom stereocenters. The Morgan fingerprint density at radius 1 is 1.08 bits per heavy atom. The smallest absolute Gasteiger partial charge is 0.314 e. The first-order chi connectivity index (χ1) is 12.5. The van der Waals surface area contributed by atoms with E-state index in [1.54, 1.807) is 23.9 Å². The van der Waals surface area contributed by atoms with Gasteiger partial charge in [-0.15, -0.1) is 0 Å². The summed E-state index contributed by atoms with van der Waals surface area (Å²) in [7, 11) is 0. The maximum absolute atomic E-state index is 13.7. The summed E-state index contributed by atoms with van der Waals surface area (Å²) in [6.45, 7) is 2.30. The number of nitrogens with zero attached hydrogens (tertiary/aromatic N) is 2. The Kier molecular flexibility index (Phi) is 5.07. The number of nitrogens with one attached hydrogen (secondary N) is 2. The van der Waals surface area contributed by atoms with Crippen LogP contribution in [-0.2, 0) is 16.1 Å². The van der Waals surface area contributed by atoms with E-state index in [0.29, 0.717) is 12.2 Å². The molecule has 2 amide bonds. The van der Waals surface area contributed by atoms with Gasteiger partial charge in [0.05, 0.1) is 24.1 Å². The predicted octanol–water partition coefficient (Wildman–Crippen LogP) is 2.96. The summed E-state index contributed by atoms with van der Waals surface area (Å²) >= 11 is 0. The molecule has 0 saturated carbocycles. The number of hydrogen-bond donors (Lipinski definition) is 2. The highest BCUT2D eigenvalue weighted by molar-refractivity contribution is 6.43. The Morgan fingerprint density at radius 2 is 1.81 bits per heavy atom. The lowest BCUT2D eigenvalue weighted by molar-refractivity contribution is -0.133. The van der Waals surface area contributed by atoms with Gasteiger partial charge in [0.15, 0.2) is 0 Å². The molecule has 7 heteroatoms. The lowest BCUT2D eigenvalue weighted by Crippen LogP contribution is -2.29. The molecule has 0 saturated heterocycles. The second kappa shape index (κ2) is 7.60. The third kappa shape index (κ3) is 4.32. The zero-order chi connectivity index (χ0) is 18.5. The number of amides is 2. The minimum atomic E-state index is -0.953. The number of rotatable bonds is 4. The fraction of sp³-hybridized carbons (Fsp3) is 0.105. The van der Waals surface area contributed by atoms with Crippen LogP contribution in [0, 0.1) is 12.7 Å². The summed E-state index contributed by atoms with van der Waals surface area (Å²) in [6.07, 6.45) is 3.06. The van der Waals surface area contributed by atoms with Crippen molar-refractivity contribution in [3.8, 4) is 0 Å². The summed E-state index contributed by atoms with van der Waals surface area (Å²) in [6, 6.07) is 14.0. The van der Waals surface area contributed by atoms with Crippen LogP contribution in [-0.4, -0.2) is 21.6 Å². The fourth-order valence-electron chi connectivity index (χ4n) is 2.39. The van der Waals surface area contributed by atoms with Crippen LogP contribution in [0.15, 0.2) is 60.9 Å². The van der Waals surface area contributed by atoms with E-state index in [2.05, 4.69) is 15.7 Å². The number of aryl methyl sites for hydroxylation is 1. The first-order valence-corrected chi connectivity index (χ1v) is 7.96. The molecule has 0 aliphatic rings. The molecule has 26 heavy (non-hydrogen) atoms. The topological polar surface area (TPSA) is 76.0 Å². The molecule has 132 valence electrons. The SMILES string of the molecule is Cc1ccc(F)c(NC(=O)C(=O)Nc2cnn(Cc3ccccc3)c2)c1. The summed E-state index contributed by atoms with van der Waals surface area (Å²) < 4.78 is 15.3. The Labute approximate surface area is 149 Å². The molecule has 0 spiro atoms. The standard InChI is InChI=1S/C19H17FN4O2/c1-13-7-8-16(20)17(9-13)23-19(26)18(25)22-15-10-21-24(12-15)11-14-5-3-2-4-6-14/h2-10,12H,11H2,1H3,(H,22,25)(H,23,26). The zero-order valence-corrected chi connectivity index (χ0v) is 14.1. The van der Waals surface area contributed by atoms with Crippen molar-refractivity contribution in [3.63, 3.8) is 0 Å². The third-order valence-electron chi connectivity index (χ3n) is 3.65. The number of anilines is 2. The Balaban J connectivity index is 1.61. The lowest BCUT2D eigenvalue weighted by Gasteiger charge is -2.07. The molecule has 0 bridgehead atoms. The minimum absolute atomic E-state index is 0.0371. The van der Waals surface area contributed by atoms with Crippen molar-refractivity contribution in [1.29, 1.82) is 0 Å². The largest absolute Gasteiger partial charge is 0.315 e. The Hall–Kier alpha value is -3.48. The number of hydrogen-bond acceptors (Lipinski definition) is 3. The maximum Gasteiger partial charge on any atom is 0.314 e. The number of carbonyl (C=O) groups excluding carboxylic acids is 2. The highest BCUT2D eigenvalue weighted by Gasteiger charge is 2.16. The van der Waals surface area contributed by atoms with Gasteiger partial charge >= 0.3 is 11.8 Å². The molecule has 0 aliphatic carbocycles. The highest BCUT2D eigenvalue weighted by atomic mass is 19.1. The van der Waals surface area contributed by atoms with Crippen LogP contribution in [0.4, 0.5) is 15.8 Å². The van der Waals surface area contributed by atoms with Gasteiger partial charge in [-0.1, -0.05) is 36.4 Å². The van der Waals surface area contributed by atoms with Gasteiger partial charge in [0.2, 0.25) is 0 Å². The average molecular weight is 352 g/mol. The number of benzene rings is 2. The van der Waals surface area contributed by atoms with Crippen molar-refractivity contribution < 1.29 is 14.0 Å². The van der Waals surface area contributed by atoms with Crippen molar-refractivity contribution >= 4 is 23.2 Å². The summed E-state index contributed by atoms with van der Waals surface area (Å²) in [5.41, 5.74) is 2.17. The summed E-state index contributed by atoms with van der Waals surface area (Å²) in [5, 5.41) is 8.85. The highest BCUT2D eigenvalue weighted by Crippen LogP contribution is 2.15. The second-order valence-electron chi connectivity index (χ2n) is 5.80. The van der Waals surface area contributed by atoms with Gasteiger partial charge in [0.1, 0.15) is 5.82 Å². The van der Waals surface area contributed by atoms with Crippen LogP contribution >= 0.6 is 0 Å². The molecule has 1 aromatic heterocycles. The van der Waals surface area contributed by atoms with Crippen LogP contribution in [0.25, 0.3) is 0 Å². The van der Waals surface area contributed by atoms with Crippen LogP contribution in [0.2, 0.25) is 0 Å². The molecule has 0 radical (unpaired) electrons. The van der Waals surface area contributed by atoms with Crippen LogP contribution < -0.4 is 10.6 Å². The first kappa shape index (κ1) is 17.3. The van der Waals surface area contributed by atoms with Gasteiger partial charge in [0, 0.05) is 6.20 Å². The molecule has 1 heterocycles. The monoisotopic (exact) mass is 352 g/mol. The van der Waals surface area contributed by atoms with Gasteiger partial charge in [0.25, 0.3) is 0 Å². The van der Waals surface area contributed by atoms with Crippen LogP contribution in [0.5, 0.6) is 0 Å². The van der Waals surface area contributed by atoms with Crippen molar-refractivity contribution in [2.75, 3.05) is 10.6 Å². The normalized spacial score (nSPS) is 10.4. The van der Waals surface area contributed by atoms with E-state index < -0.39 is 17.6 Å². The minimum Gasteiger partial charge on any atom is -0.315 e. The first-order valence-electron chi connectivity index (χ1n) is 7.96. The van der Waals surface area contributed by atoms with Crippen LogP contribution in [0.3, 0.4) is 0 Å². The van der Waals surface area contributed by atoms with E-state index in [1.807, 2.05) is 30.3 Å². The van der Waals surface area contributed by atoms with Gasteiger partial charge in [-0.05, 0) is 30.2 Å². The summed E-state index contributed by atoms with van der Waals surface area (Å²) in [4.78, 5) is 24.0. The molecule has 3 rings (SSSR count). The fourth-order valence-corrected chi connectivity index (χ4v) is 2.39. The number of carbonyl (C=O) groups is 2. The molecule has 0 atom stereocenters. The molecule has 0 aliphatic heterocycles. The lowest BCUT2D eigenvalue weighted by atomic mass is 10.2. The quantitative estimate of drug-likeness (QED) is 0.709. The van der Waals surface area contributed by atoms with Gasteiger partial charge in [-0.3, -0.25) is 14.3 Å². The molecule has 0 fully saturated rings. The van der Waals surface area contributed by atoms with E-state index in [4.69, 9.17) is 0 Å². The molecular formula is C19H17FN4O2. The molecule has 3 aromatic rings. The Bertz CT molecular complexity index is 938. The third-order valence-corrected chi connectivity index (χ3v) is 3.65. The van der Waals surface area contributed by atoms with E-state index in [0.717, 1.165) is 11.1 Å². The second-order valence-corrected chi connectivity index (χ2v) is 5.80. The van der Waals surface area contributed by atoms with Gasteiger partial charge in [-0.2, -0.15) is 5.10 Å². The van der Waals surface area contributed by atoms with E-state index in [-0.39, 0.29) is 5.69 Å². The molecular weight excluding hydrogens is 335 g/mol. The van der Waals surface area contributed by atoms with E-state index in [9.17, 15) is 14.0 Å². The molecule has 6 nitrogen and oxygen atoms in total. The number of aromatic nitrogens is 2. The van der Waals surface area contributed by atoms with Crippen LogP contribution in [0.1, 0.15) is 11.1 Å². The van der Waals surface area contributed by atoms with Crippen molar-refractivity contribution in [2.24, 2.45) is 0 Å². The Morgan fingerprint density at radius 3 is 2.58 bits per heavy atom. The van der Waals surface area contributed by atoms with Gasteiger partial charge < -0.3 is 10.6 Å². The van der Waals surface area contributed by atoms with E-state index in [1.165, 1.54) is 18.3 Å². The number of halogens is 1. The predicted molar refractivity (Wildman–Crippen MR) is 96.2 cm³/mol. The maximum atomic E-state index is 13.7. The zero-order valence-electron chi connectivity index (χ0n) is 14.1. The van der Waals surface area contributed by atoms with Crippen molar-refractivity contribution in [2.45, 2.75) is 13.5 Å². The average Bonchev–Trinajstić information content (AvgIpc) is 3.05. The van der Waals surface area contributed by atoms with Gasteiger partial charge in [-0.25, -0.2) is 4.39 Å². The molecule has 2 aromatic carbocycles. The van der Waals surface area contributed by atoms with E-state index >= 15 is 0 Å². The van der Waals surface area contributed by atoms with Crippen molar-refractivity contribution in [1.82, 2.24) is 9.78 Å². The van der Waals surface area contributed by atoms with Crippen molar-refractivity contribution in [3.05, 3.63) is 77.9 Å².